The van der Waals surface area contributed by atoms with Gasteiger partial charge in [-0.2, -0.15) is 13.2 Å². The summed E-state index contributed by atoms with van der Waals surface area (Å²) in [6.07, 6.45) is 3.48. The molecule has 0 unspecified atom stereocenters. The predicted molar refractivity (Wildman–Crippen MR) is 107 cm³/mol. The Kier molecular flexibility index (Phi) is 7.78. The van der Waals surface area contributed by atoms with Gasteiger partial charge in [0.05, 0.1) is 0 Å². The molecule has 1 aromatic heterocycles. The Hall–Kier alpha value is -1.98. The maximum atomic E-state index is 12.8. The van der Waals surface area contributed by atoms with Crippen molar-refractivity contribution < 1.29 is 17.6 Å². The second kappa shape index (κ2) is 9.68. The zero-order valence-corrected chi connectivity index (χ0v) is 17.6. The van der Waals surface area contributed by atoms with Gasteiger partial charge in [0.2, 0.25) is 5.82 Å². The van der Waals surface area contributed by atoms with Crippen molar-refractivity contribution in [3.05, 3.63) is 59.4 Å². The number of nitrogens with zero attached hydrogens (tertiary/aromatic N) is 2. The smallest absolute Gasteiger partial charge is 0.233 e. The van der Waals surface area contributed by atoms with Gasteiger partial charge in [-0.3, -0.25) is 0 Å². The summed E-state index contributed by atoms with van der Waals surface area (Å²) >= 11 is 0. The molecule has 6 heteroatoms. The number of alkyl halides is 3. The zero-order chi connectivity index (χ0) is 21.7. The van der Waals surface area contributed by atoms with Crippen LogP contribution in [-0.2, 0) is 18.0 Å². The highest BCUT2D eigenvalue weighted by molar-refractivity contribution is 5.31. The first-order chi connectivity index (χ1) is 13.5. The molecular formula is C23H30F4N2. The van der Waals surface area contributed by atoms with Gasteiger partial charge in [-0.1, -0.05) is 39.8 Å². The average molecular weight is 410 g/mol. The lowest BCUT2D eigenvalue weighted by Gasteiger charge is -2.17. The Morgan fingerprint density at radius 3 is 1.90 bits per heavy atom. The third-order valence-electron chi connectivity index (χ3n) is 5.08. The van der Waals surface area contributed by atoms with Crippen LogP contribution in [0.25, 0.3) is 0 Å². The number of hydrogen-bond acceptors (Lipinski definition) is 2. The molecule has 0 spiro atoms. The molecule has 3 rings (SSSR count). The third-order valence-corrected chi connectivity index (χ3v) is 5.08. The van der Waals surface area contributed by atoms with E-state index in [-0.39, 0.29) is 5.82 Å². The fourth-order valence-electron chi connectivity index (χ4n) is 3.43. The summed E-state index contributed by atoms with van der Waals surface area (Å²) in [5, 5.41) is 0. The second-order valence-electron chi connectivity index (χ2n) is 8.73. The highest BCUT2D eigenvalue weighted by Gasteiger charge is 2.44. The summed E-state index contributed by atoms with van der Waals surface area (Å²) in [5.41, 5.74) is 2.46. The first kappa shape index (κ1) is 23.3. The van der Waals surface area contributed by atoms with Crippen LogP contribution in [0.2, 0.25) is 0 Å². The molecular weight excluding hydrogens is 380 g/mol. The maximum Gasteiger partial charge on any atom is 0.451 e. The Labute approximate surface area is 170 Å². The fraction of sp³-hybridized carbons (Fsp3) is 0.565. The van der Waals surface area contributed by atoms with Gasteiger partial charge < -0.3 is 0 Å². The van der Waals surface area contributed by atoms with E-state index in [1.54, 1.807) is 12.1 Å². The molecule has 1 fully saturated rings. The van der Waals surface area contributed by atoms with Crippen molar-refractivity contribution >= 4 is 0 Å². The van der Waals surface area contributed by atoms with E-state index in [1.807, 2.05) is 12.1 Å². The third kappa shape index (κ3) is 7.41. The topological polar surface area (TPSA) is 25.8 Å². The maximum absolute atomic E-state index is 12.8. The summed E-state index contributed by atoms with van der Waals surface area (Å²) < 4.78 is 49.1. The molecule has 0 saturated heterocycles. The highest BCUT2D eigenvalue weighted by Crippen LogP contribution is 2.52. The van der Waals surface area contributed by atoms with E-state index in [1.165, 1.54) is 37.2 Å². The fourth-order valence-corrected chi connectivity index (χ4v) is 3.43. The molecule has 1 aliphatic carbocycles. The van der Waals surface area contributed by atoms with Gasteiger partial charge in [-0.15, -0.1) is 0 Å². The summed E-state index contributed by atoms with van der Waals surface area (Å²) in [6, 6.07) is 7.06. The standard InChI is InChI=1S/C13H17F.C10H13F3N2/c1-10(2)9-13(7-8-13)11-3-5-12(14)6-4-11;1-7(2)3-4-8-5-14-9(15-6-8)10(11,12)13/h3-6,10H,7-9H2,1-2H3;5-7H,3-4H2,1-2H3. The van der Waals surface area contributed by atoms with Crippen LogP contribution in [0.5, 0.6) is 0 Å². The van der Waals surface area contributed by atoms with Crippen LogP contribution in [0.1, 0.15) is 70.3 Å². The van der Waals surface area contributed by atoms with E-state index >= 15 is 0 Å². The Morgan fingerprint density at radius 1 is 0.931 bits per heavy atom. The van der Waals surface area contributed by atoms with Crippen LogP contribution in [0.15, 0.2) is 36.7 Å². The van der Waals surface area contributed by atoms with Crippen molar-refractivity contribution in [3.63, 3.8) is 0 Å². The normalized spacial score (nSPS) is 15.2. The number of halogens is 4. The van der Waals surface area contributed by atoms with Crippen LogP contribution in [0.3, 0.4) is 0 Å². The molecule has 0 atom stereocenters. The highest BCUT2D eigenvalue weighted by atomic mass is 19.4. The summed E-state index contributed by atoms with van der Waals surface area (Å²) in [7, 11) is 0. The number of aryl methyl sites for hydroxylation is 1. The largest absolute Gasteiger partial charge is 0.451 e. The predicted octanol–water partition coefficient (Wildman–Crippen LogP) is 6.99. The number of rotatable bonds is 6. The van der Waals surface area contributed by atoms with Crippen LogP contribution < -0.4 is 0 Å². The van der Waals surface area contributed by atoms with E-state index < -0.39 is 12.0 Å². The van der Waals surface area contributed by atoms with Crippen molar-refractivity contribution in [1.29, 1.82) is 0 Å². The van der Waals surface area contributed by atoms with Gasteiger partial charge in [0.1, 0.15) is 5.82 Å². The van der Waals surface area contributed by atoms with Crippen LogP contribution in [-0.4, -0.2) is 9.97 Å². The van der Waals surface area contributed by atoms with Crippen molar-refractivity contribution in [2.24, 2.45) is 11.8 Å². The van der Waals surface area contributed by atoms with Crippen molar-refractivity contribution in [2.45, 2.75) is 71.4 Å². The van der Waals surface area contributed by atoms with Crippen LogP contribution >= 0.6 is 0 Å². The molecule has 1 aromatic carbocycles. The van der Waals surface area contributed by atoms with E-state index in [4.69, 9.17) is 0 Å². The minimum absolute atomic E-state index is 0.130. The molecule has 0 N–H and O–H groups in total. The SMILES string of the molecule is CC(C)CC1(c2ccc(F)cc2)CC1.CC(C)CCc1cnc(C(F)(F)F)nc1. The van der Waals surface area contributed by atoms with Crippen molar-refractivity contribution in [1.82, 2.24) is 9.97 Å². The Morgan fingerprint density at radius 2 is 1.48 bits per heavy atom. The minimum Gasteiger partial charge on any atom is -0.233 e. The molecule has 29 heavy (non-hydrogen) atoms. The lowest BCUT2D eigenvalue weighted by molar-refractivity contribution is -0.145. The van der Waals surface area contributed by atoms with E-state index in [9.17, 15) is 17.6 Å². The lowest BCUT2D eigenvalue weighted by Crippen LogP contribution is -2.11. The summed E-state index contributed by atoms with van der Waals surface area (Å²) in [4.78, 5) is 6.58. The molecule has 1 aliphatic rings. The summed E-state index contributed by atoms with van der Waals surface area (Å²) in [5.74, 6) is 0.0414. The first-order valence-corrected chi connectivity index (χ1v) is 10.2. The molecule has 1 heterocycles. The number of hydrogen-bond donors (Lipinski definition) is 0. The lowest BCUT2D eigenvalue weighted by atomic mass is 9.87. The molecule has 1 saturated carbocycles. The molecule has 0 aliphatic heterocycles. The zero-order valence-electron chi connectivity index (χ0n) is 17.6. The first-order valence-electron chi connectivity index (χ1n) is 10.2. The molecule has 0 radical (unpaired) electrons. The van der Waals surface area contributed by atoms with E-state index in [0.29, 0.717) is 11.3 Å². The minimum atomic E-state index is -4.45. The van der Waals surface area contributed by atoms with Gasteiger partial charge >= 0.3 is 6.18 Å². The second-order valence-corrected chi connectivity index (χ2v) is 8.73. The van der Waals surface area contributed by atoms with Crippen LogP contribution in [0, 0.1) is 17.7 Å². The Balaban J connectivity index is 0.000000207. The van der Waals surface area contributed by atoms with Crippen molar-refractivity contribution in [3.8, 4) is 0 Å². The quantitative estimate of drug-likeness (QED) is 0.480. The monoisotopic (exact) mass is 410 g/mol. The van der Waals surface area contributed by atoms with Crippen LogP contribution in [0.4, 0.5) is 17.6 Å². The van der Waals surface area contributed by atoms with E-state index in [2.05, 4.69) is 37.7 Å². The number of aromatic nitrogens is 2. The molecule has 0 amide bonds. The molecule has 160 valence electrons. The van der Waals surface area contributed by atoms with E-state index in [0.717, 1.165) is 24.3 Å². The Bertz CT molecular complexity index is 746. The average Bonchev–Trinajstić information content (AvgIpc) is 3.40. The molecule has 2 nitrogen and oxygen atoms in total. The van der Waals surface area contributed by atoms with Crippen molar-refractivity contribution in [2.75, 3.05) is 0 Å². The molecule has 0 bridgehead atoms. The van der Waals surface area contributed by atoms with Gasteiger partial charge in [-0.25, -0.2) is 14.4 Å². The number of benzene rings is 1. The van der Waals surface area contributed by atoms with Gasteiger partial charge in [-0.05, 0) is 72.6 Å². The summed E-state index contributed by atoms with van der Waals surface area (Å²) in [6.45, 7) is 8.63. The van der Waals surface area contributed by atoms with Gasteiger partial charge in [0.25, 0.3) is 0 Å². The van der Waals surface area contributed by atoms with Gasteiger partial charge in [0.15, 0.2) is 0 Å². The molecule has 2 aromatic rings. The van der Waals surface area contributed by atoms with Gasteiger partial charge in [0, 0.05) is 12.4 Å².